The van der Waals surface area contributed by atoms with E-state index in [9.17, 15) is 9.90 Å². The highest BCUT2D eigenvalue weighted by atomic mass is 16.5. The first-order valence-corrected chi connectivity index (χ1v) is 7.58. The highest BCUT2D eigenvalue weighted by molar-refractivity contribution is 5.96. The molecule has 1 aromatic heterocycles. The summed E-state index contributed by atoms with van der Waals surface area (Å²) >= 11 is 0. The molecule has 1 N–H and O–H groups in total. The van der Waals surface area contributed by atoms with E-state index < -0.39 is 0 Å². The molecule has 1 atom stereocenters. The molecule has 6 nitrogen and oxygen atoms in total. The number of carbonyl (C=O) groups is 1. The van der Waals surface area contributed by atoms with Gasteiger partial charge < -0.3 is 19.3 Å². The summed E-state index contributed by atoms with van der Waals surface area (Å²) in [6.07, 6.45) is 4.36. The molecule has 116 valence electrons. The molecule has 2 fully saturated rings. The number of hydrogen-bond acceptors (Lipinski definition) is 5. The molecule has 1 saturated heterocycles. The lowest BCUT2D eigenvalue weighted by Crippen LogP contribution is -2.55. The number of aromatic nitrogens is 1. The van der Waals surface area contributed by atoms with Gasteiger partial charge in [-0.05, 0) is 26.7 Å². The van der Waals surface area contributed by atoms with Crippen molar-refractivity contribution < 1.29 is 19.2 Å². The maximum atomic E-state index is 12.8. The third-order valence-electron chi connectivity index (χ3n) is 4.51. The van der Waals surface area contributed by atoms with Crippen LogP contribution in [0.1, 0.15) is 54.4 Å². The smallest absolute Gasteiger partial charge is 0.259 e. The monoisotopic (exact) mass is 294 g/mol. The molecule has 1 spiro atoms. The molecular weight excluding hydrogens is 272 g/mol. The number of ether oxygens (including phenoxy) is 1. The van der Waals surface area contributed by atoms with Gasteiger partial charge in [-0.25, -0.2) is 0 Å². The topological polar surface area (TPSA) is 75.8 Å². The van der Waals surface area contributed by atoms with Crippen molar-refractivity contribution in [3.8, 4) is 0 Å². The van der Waals surface area contributed by atoms with Crippen LogP contribution in [0.3, 0.4) is 0 Å². The van der Waals surface area contributed by atoms with Crippen LogP contribution in [0.5, 0.6) is 0 Å². The van der Waals surface area contributed by atoms with Gasteiger partial charge in [0.25, 0.3) is 5.91 Å². The van der Waals surface area contributed by atoms with Crippen LogP contribution >= 0.6 is 0 Å². The van der Waals surface area contributed by atoms with Crippen molar-refractivity contribution in [1.82, 2.24) is 10.1 Å². The van der Waals surface area contributed by atoms with Crippen LogP contribution in [-0.2, 0) is 11.3 Å². The summed E-state index contributed by atoms with van der Waals surface area (Å²) in [4.78, 5) is 14.6. The Kier molecular flexibility index (Phi) is 3.75. The molecule has 1 saturated carbocycles. The SMILES string of the molecule is Cc1onc(CO)c1C(=O)N1CC(C)OC2(CCCC2)C1. The first-order chi connectivity index (χ1) is 10.0. The fourth-order valence-corrected chi connectivity index (χ4v) is 3.63. The predicted octanol–water partition coefficient (Wildman–Crippen LogP) is 1.65. The third-order valence-corrected chi connectivity index (χ3v) is 4.51. The second-order valence-corrected chi connectivity index (χ2v) is 6.22. The molecule has 0 aromatic carbocycles. The maximum Gasteiger partial charge on any atom is 0.259 e. The number of morpholine rings is 1. The Morgan fingerprint density at radius 3 is 2.86 bits per heavy atom. The van der Waals surface area contributed by atoms with Crippen molar-refractivity contribution in [3.05, 3.63) is 17.0 Å². The van der Waals surface area contributed by atoms with E-state index in [1.54, 1.807) is 6.92 Å². The fourth-order valence-electron chi connectivity index (χ4n) is 3.63. The van der Waals surface area contributed by atoms with Gasteiger partial charge in [0.1, 0.15) is 17.0 Å². The van der Waals surface area contributed by atoms with Gasteiger partial charge >= 0.3 is 0 Å². The number of rotatable bonds is 2. The summed E-state index contributed by atoms with van der Waals surface area (Å²) in [7, 11) is 0. The molecule has 0 radical (unpaired) electrons. The summed E-state index contributed by atoms with van der Waals surface area (Å²) < 4.78 is 11.2. The number of amides is 1. The number of carbonyl (C=O) groups excluding carboxylic acids is 1. The van der Waals surface area contributed by atoms with Crippen molar-refractivity contribution in [2.24, 2.45) is 0 Å². The van der Waals surface area contributed by atoms with E-state index in [2.05, 4.69) is 5.16 Å². The van der Waals surface area contributed by atoms with Gasteiger partial charge in [0.05, 0.1) is 24.9 Å². The average Bonchev–Trinajstić information content (AvgIpc) is 3.04. The molecule has 1 unspecified atom stereocenters. The summed E-state index contributed by atoms with van der Waals surface area (Å²) in [5.74, 6) is 0.350. The molecule has 1 aliphatic heterocycles. The van der Waals surface area contributed by atoms with E-state index in [4.69, 9.17) is 9.26 Å². The van der Waals surface area contributed by atoms with Gasteiger partial charge in [-0.15, -0.1) is 0 Å². The van der Waals surface area contributed by atoms with Crippen molar-refractivity contribution in [1.29, 1.82) is 0 Å². The maximum absolute atomic E-state index is 12.8. The molecular formula is C15H22N2O4. The van der Waals surface area contributed by atoms with Gasteiger partial charge in [-0.3, -0.25) is 4.79 Å². The average molecular weight is 294 g/mol. The minimum atomic E-state index is -0.288. The summed E-state index contributed by atoms with van der Waals surface area (Å²) in [5.41, 5.74) is 0.537. The van der Waals surface area contributed by atoms with Crippen LogP contribution in [-0.4, -0.2) is 45.9 Å². The second kappa shape index (κ2) is 5.42. The second-order valence-electron chi connectivity index (χ2n) is 6.22. The van der Waals surface area contributed by atoms with E-state index in [0.29, 0.717) is 30.1 Å². The zero-order valence-electron chi connectivity index (χ0n) is 12.6. The minimum absolute atomic E-state index is 0.0264. The van der Waals surface area contributed by atoms with Crippen molar-refractivity contribution in [2.45, 2.75) is 57.8 Å². The van der Waals surface area contributed by atoms with Crippen LogP contribution in [0.4, 0.5) is 0 Å². The predicted molar refractivity (Wildman–Crippen MR) is 74.8 cm³/mol. The Balaban J connectivity index is 1.85. The number of nitrogens with zero attached hydrogens (tertiary/aromatic N) is 2. The zero-order valence-corrected chi connectivity index (χ0v) is 12.6. The highest BCUT2D eigenvalue weighted by Crippen LogP contribution is 2.38. The van der Waals surface area contributed by atoms with Crippen LogP contribution in [0.2, 0.25) is 0 Å². The van der Waals surface area contributed by atoms with Gasteiger partial charge in [0.15, 0.2) is 0 Å². The number of aliphatic hydroxyl groups excluding tert-OH is 1. The van der Waals surface area contributed by atoms with E-state index in [1.165, 1.54) is 0 Å². The molecule has 2 aliphatic rings. The van der Waals surface area contributed by atoms with Crippen LogP contribution < -0.4 is 0 Å². The van der Waals surface area contributed by atoms with E-state index in [1.807, 2.05) is 11.8 Å². The van der Waals surface area contributed by atoms with Gasteiger partial charge in [0, 0.05) is 6.54 Å². The summed E-state index contributed by atoms with van der Waals surface area (Å²) in [6, 6.07) is 0. The highest BCUT2D eigenvalue weighted by Gasteiger charge is 2.43. The van der Waals surface area contributed by atoms with Crippen LogP contribution in [0.25, 0.3) is 0 Å². The molecule has 1 aromatic rings. The summed E-state index contributed by atoms with van der Waals surface area (Å²) in [5, 5.41) is 13.1. The lowest BCUT2D eigenvalue weighted by atomic mass is 9.97. The molecule has 3 rings (SSSR count). The molecule has 6 heteroatoms. The Labute approximate surface area is 124 Å². The van der Waals surface area contributed by atoms with E-state index in [-0.39, 0.29) is 24.2 Å². The lowest BCUT2D eigenvalue weighted by Gasteiger charge is -2.43. The fraction of sp³-hybridized carbons (Fsp3) is 0.733. The zero-order chi connectivity index (χ0) is 15.0. The Hall–Kier alpha value is -1.40. The van der Waals surface area contributed by atoms with Crippen molar-refractivity contribution in [2.75, 3.05) is 13.1 Å². The van der Waals surface area contributed by atoms with Crippen LogP contribution in [0.15, 0.2) is 4.52 Å². The Bertz CT molecular complexity index is 534. The normalized spacial score (nSPS) is 24.7. The van der Waals surface area contributed by atoms with Crippen molar-refractivity contribution >= 4 is 5.91 Å². The molecule has 0 bridgehead atoms. The lowest BCUT2D eigenvalue weighted by molar-refractivity contribution is -0.135. The van der Waals surface area contributed by atoms with Gasteiger partial charge in [0.2, 0.25) is 0 Å². The summed E-state index contributed by atoms with van der Waals surface area (Å²) in [6.45, 7) is 4.60. The minimum Gasteiger partial charge on any atom is -0.390 e. The Morgan fingerprint density at radius 1 is 1.48 bits per heavy atom. The van der Waals surface area contributed by atoms with E-state index >= 15 is 0 Å². The quantitative estimate of drug-likeness (QED) is 0.897. The number of hydrogen-bond donors (Lipinski definition) is 1. The van der Waals surface area contributed by atoms with Gasteiger partial charge in [-0.1, -0.05) is 18.0 Å². The van der Waals surface area contributed by atoms with Crippen LogP contribution in [0, 0.1) is 6.92 Å². The standard InChI is InChI=1S/C15H22N2O4/c1-10-7-17(9-15(20-10)5-3-4-6-15)14(19)13-11(2)21-16-12(13)8-18/h10,18H,3-9H2,1-2H3. The van der Waals surface area contributed by atoms with Crippen molar-refractivity contribution in [3.63, 3.8) is 0 Å². The first kappa shape index (κ1) is 14.5. The Morgan fingerprint density at radius 2 is 2.19 bits per heavy atom. The molecule has 1 amide bonds. The molecule has 2 heterocycles. The molecule has 21 heavy (non-hydrogen) atoms. The molecule has 1 aliphatic carbocycles. The first-order valence-electron chi connectivity index (χ1n) is 7.58. The number of aliphatic hydroxyl groups is 1. The third kappa shape index (κ3) is 2.58. The number of aryl methyl sites for hydroxylation is 1. The largest absolute Gasteiger partial charge is 0.390 e. The van der Waals surface area contributed by atoms with E-state index in [0.717, 1.165) is 25.7 Å². The van der Waals surface area contributed by atoms with Gasteiger partial charge in [-0.2, -0.15) is 0 Å².